The van der Waals surface area contributed by atoms with Crippen LogP contribution in [0.1, 0.15) is 21.5 Å². The molecule has 4 N–H and O–H groups in total. The second-order valence-electron chi connectivity index (χ2n) is 3.77. The van der Waals surface area contributed by atoms with Crippen LogP contribution < -0.4 is 11.5 Å². The van der Waals surface area contributed by atoms with Gasteiger partial charge in [0.05, 0.1) is 12.7 Å². The maximum absolute atomic E-state index is 11.2. The van der Waals surface area contributed by atoms with E-state index in [1.165, 1.54) is 0 Å². The molecule has 1 heterocycles. The zero-order valence-electron chi connectivity index (χ0n) is 9.34. The Balaban J connectivity index is 2.26. The third-order valence-electron chi connectivity index (χ3n) is 2.54. The van der Waals surface area contributed by atoms with E-state index in [4.69, 9.17) is 11.5 Å². The number of aromatic nitrogens is 2. The van der Waals surface area contributed by atoms with Gasteiger partial charge in [-0.2, -0.15) is 5.10 Å². The van der Waals surface area contributed by atoms with Crippen LogP contribution >= 0.6 is 0 Å². The van der Waals surface area contributed by atoms with Crippen LogP contribution in [-0.2, 0) is 13.1 Å². The molecule has 5 nitrogen and oxygen atoms in total. The third-order valence-corrected chi connectivity index (χ3v) is 2.54. The highest BCUT2D eigenvalue weighted by Gasteiger charge is 2.07. The van der Waals surface area contributed by atoms with Gasteiger partial charge in [-0.1, -0.05) is 18.2 Å². The third kappa shape index (κ3) is 2.51. The van der Waals surface area contributed by atoms with E-state index in [1.807, 2.05) is 18.3 Å². The number of nitrogens with two attached hydrogens (primary N) is 2. The minimum absolute atomic E-state index is 0.424. The van der Waals surface area contributed by atoms with Gasteiger partial charge in [0.2, 0.25) is 5.91 Å². The summed E-state index contributed by atoms with van der Waals surface area (Å²) in [6.07, 6.45) is 3.57. The molecule has 2 rings (SSSR count). The summed E-state index contributed by atoms with van der Waals surface area (Å²) in [7, 11) is 0. The molecular formula is C12H14N4O. The summed E-state index contributed by atoms with van der Waals surface area (Å²) in [5.41, 5.74) is 13.2. The number of primary amides is 1. The highest BCUT2D eigenvalue weighted by molar-refractivity contribution is 5.94. The van der Waals surface area contributed by atoms with Crippen LogP contribution in [0.4, 0.5) is 0 Å². The molecule has 88 valence electrons. The second kappa shape index (κ2) is 4.80. The first-order valence-corrected chi connectivity index (χ1v) is 5.30. The van der Waals surface area contributed by atoms with Crippen molar-refractivity contribution >= 4 is 5.91 Å². The van der Waals surface area contributed by atoms with Gasteiger partial charge in [0.25, 0.3) is 0 Å². The first-order valence-electron chi connectivity index (χ1n) is 5.30. The van der Waals surface area contributed by atoms with Crippen molar-refractivity contribution in [3.05, 3.63) is 53.3 Å². The number of hydrogen-bond donors (Lipinski definition) is 2. The van der Waals surface area contributed by atoms with Crippen molar-refractivity contribution in [2.75, 3.05) is 0 Å². The lowest BCUT2D eigenvalue weighted by molar-refractivity contribution is 0.0999. The molecule has 0 unspecified atom stereocenters. The van der Waals surface area contributed by atoms with Crippen LogP contribution in [-0.4, -0.2) is 15.7 Å². The normalized spacial score (nSPS) is 10.4. The van der Waals surface area contributed by atoms with Crippen LogP contribution in [0.3, 0.4) is 0 Å². The van der Waals surface area contributed by atoms with Gasteiger partial charge in [0.15, 0.2) is 0 Å². The van der Waals surface area contributed by atoms with Gasteiger partial charge in [-0.05, 0) is 11.6 Å². The molecule has 1 amide bonds. The lowest BCUT2D eigenvalue weighted by Gasteiger charge is -2.06. The quantitative estimate of drug-likeness (QED) is 0.801. The van der Waals surface area contributed by atoms with Crippen molar-refractivity contribution in [3.8, 4) is 0 Å². The maximum atomic E-state index is 11.2. The molecule has 0 saturated heterocycles. The van der Waals surface area contributed by atoms with Gasteiger partial charge in [-0.15, -0.1) is 0 Å². The lowest BCUT2D eigenvalue weighted by atomic mass is 10.1. The van der Waals surface area contributed by atoms with E-state index in [2.05, 4.69) is 5.10 Å². The molecule has 0 radical (unpaired) electrons. The van der Waals surface area contributed by atoms with Gasteiger partial charge in [-0.3, -0.25) is 9.48 Å². The zero-order valence-corrected chi connectivity index (χ0v) is 9.34. The van der Waals surface area contributed by atoms with Gasteiger partial charge in [0, 0.05) is 23.9 Å². The van der Waals surface area contributed by atoms with E-state index in [0.29, 0.717) is 18.7 Å². The molecule has 1 aromatic heterocycles. The molecule has 17 heavy (non-hydrogen) atoms. The number of hydrogen-bond acceptors (Lipinski definition) is 3. The van der Waals surface area contributed by atoms with E-state index in [9.17, 15) is 4.79 Å². The zero-order chi connectivity index (χ0) is 12.3. The summed E-state index contributed by atoms with van der Waals surface area (Å²) in [5, 5.41) is 4.17. The maximum Gasteiger partial charge on any atom is 0.249 e. The summed E-state index contributed by atoms with van der Waals surface area (Å²) >= 11 is 0. The number of benzene rings is 1. The van der Waals surface area contributed by atoms with Crippen LogP contribution in [0, 0.1) is 0 Å². The number of carbonyl (C=O) groups excluding carboxylic acids is 1. The Labute approximate surface area is 99.0 Å². The molecule has 2 aromatic rings. The molecule has 0 aliphatic heterocycles. The number of carbonyl (C=O) groups is 1. The Morgan fingerprint density at radius 2 is 2.12 bits per heavy atom. The predicted molar refractivity (Wildman–Crippen MR) is 64.2 cm³/mol. The van der Waals surface area contributed by atoms with E-state index in [1.54, 1.807) is 23.0 Å². The SMILES string of the molecule is NCc1cnn(Cc2ccccc2C(N)=O)c1. The largest absolute Gasteiger partial charge is 0.366 e. The summed E-state index contributed by atoms with van der Waals surface area (Å²) in [6, 6.07) is 7.24. The molecule has 0 spiro atoms. The molecule has 5 heteroatoms. The van der Waals surface area contributed by atoms with Crippen LogP contribution in [0.15, 0.2) is 36.7 Å². The van der Waals surface area contributed by atoms with Crippen molar-refractivity contribution in [3.63, 3.8) is 0 Å². The molecule has 0 aliphatic rings. The van der Waals surface area contributed by atoms with Crippen molar-refractivity contribution in [2.24, 2.45) is 11.5 Å². The first-order chi connectivity index (χ1) is 8.20. The van der Waals surface area contributed by atoms with Gasteiger partial charge < -0.3 is 11.5 Å². The highest BCUT2D eigenvalue weighted by Crippen LogP contribution is 2.10. The second-order valence-corrected chi connectivity index (χ2v) is 3.77. The number of rotatable bonds is 4. The number of nitrogens with zero attached hydrogens (tertiary/aromatic N) is 2. The summed E-state index contributed by atoms with van der Waals surface area (Å²) in [4.78, 5) is 11.2. The van der Waals surface area contributed by atoms with Crippen LogP contribution in [0.5, 0.6) is 0 Å². The molecule has 1 aromatic carbocycles. The fraction of sp³-hybridized carbons (Fsp3) is 0.167. The summed E-state index contributed by atoms with van der Waals surface area (Å²) < 4.78 is 1.74. The average Bonchev–Trinajstić information content (AvgIpc) is 2.77. The minimum atomic E-state index is -0.424. The van der Waals surface area contributed by atoms with Gasteiger partial charge >= 0.3 is 0 Å². The van der Waals surface area contributed by atoms with E-state index in [-0.39, 0.29) is 0 Å². The molecular weight excluding hydrogens is 216 g/mol. The Kier molecular flexibility index (Phi) is 3.20. The summed E-state index contributed by atoms with van der Waals surface area (Å²) in [6.45, 7) is 0.969. The van der Waals surface area contributed by atoms with Crippen LogP contribution in [0.2, 0.25) is 0 Å². The lowest BCUT2D eigenvalue weighted by Crippen LogP contribution is -2.15. The molecule has 0 atom stereocenters. The van der Waals surface area contributed by atoms with Gasteiger partial charge in [0.1, 0.15) is 0 Å². The Morgan fingerprint density at radius 1 is 1.35 bits per heavy atom. The van der Waals surface area contributed by atoms with E-state index in [0.717, 1.165) is 11.1 Å². The first kappa shape index (κ1) is 11.3. The van der Waals surface area contributed by atoms with Crippen LogP contribution in [0.25, 0.3) is 0 Å². The molecule has 0 bridgehead atoms. The number of amides is 1. The van der Waals surface area contributed by atoms with E-state index >= 15 is 0 Å². The molecule has 0 saturated carbocycles. The predicted octanol–water partition coefficient (Wildman–Crippen LogP) is 0.489. The topological polar surface area (TPSA) is 86.9 Å². The Morgan fingerprint density at radius 3 is 2.76 bits per heavy atom. The monoisotopic (exact) mass is 230 g/mol. The van der Waals surface area contributed by atoms with Gasteiger partial charge in [-0.25, -0.2) is 0 Å². The highest BCUT2D eigenvalue weighted by atomic mass is 16.1. The van der Waals surface area contributed by atoms with Crippen molar-refractivity contribution in [1.29, 1.82) is 0 Å². The summed E-state index contributed by atoms with van der Waals surface area (Å²) in [5.74, 6) is -0.424. The Hall–Kier alpha value is -2.14. The smallest absolute Gasteiger partial charge is 0.249 e. The standard InChI is InChI=1S/C12H14N4O/c13-5-9-6-15-16(7-9)8-10-3-1-2-4-11(10)12(14)17/h1-4,6-7H,5,8,13H2,(H2,14,17). The Bertz CT molecular complexity index is 533. The fourth-order valence-corrected chi connectivity index (χ4v) is 1.67. The molecule has 0 aliphatic carbocycles. The molecule has 0 fully saturated rings. The van der Waals surface area contributed by atoms with Crippen molar-refractivity contribution in [1.82, 2.24) is 9.78 Å². The van der Waals surface area contributed by atoms with Crippen molar-refractivity contribution in [2.45, 2.75) is 13.1 Å². The van der Waals surface area contributed by atoms with Crippen molar-refractivity contribution < 1.29 is 4.79 Å². The fourth-order valence-electron chi connectivity index (χ4n) is 1.67. The average molecular weight is 230 g/mol. The minimum Gasteiger partial charge on any atom is -0.366 e. The van der Waals surface area contributed by atoms with E-state index < -0.39 is 5.91 Å².